The maximum Gasteiger partial charge on any atom is 0.240 e. The van der Waals surface area contributed by atoms with E-state index in [-0.39, 0.29) is 24.7 Å². The van der Waals surface area contributed by atoms with Crippen molar-refractivity contribution in [2.24, 2.45) is 5.41 Å². The Morgan fingerprint density at radius 1 is 1.02 bits per heavy atom. The molecular weight excluding hydrogens is 527 g/mol. The molecule has 0 spiro atoms. The van der Waals surface area contributed by atoms with E-state index in [1.807, 2.05) is 6.92 Å². The van der Waals surface area contributed by atoms with Crippen LogP contribution in [0.5, 0.6) is 5.75 Å². The molecule has 2 aliphatic carbocycles. The minimum Gasteiger partial charge on any atom is -0.498 e. The van der Waals surface area contributed by atoms with Crippen LogP contribution in [0.2, 0.25) is 0 Å². The maximum atomic E-state index is 15.1. The number of allylic oxidation sites excluding steroid dienone is 1. The molecule has 0 aromatic heterocycles. The molecule has 2 amide bonds. The summed E-state index contributed by atoms with van der Waals surface area (Å²) in [6, 6.07) is 6.76. The van der Waals surface area contributed by atoms with E-state index in [0.717, 1.165) is 23.4 Å². The fourth-order valence-electron chi connectivity index (χ4n) is 4.55. The van der Waals surface area contributed by atoms with Crippen molar-refractivity contribution in [2.75, 3.05) is 31.4 Å². The lowest BCUT2D eigenvalue weighted by Gasteiger charge is -2.30. The Morgan fingerprint density at radius 2 is 1.70 bits per heavy atom. The van der Waals surface area contributed by atoms with Gasteiger partial charge in [0.25, 0.3) is 0 Å². The first-order valence-corrected chi connectivity index (χ1v) is 12.9. The van der Waals surface area contributed by atoms with Crippen molar-refractivity contribution in [1.29, 1.82) is 0 Å². The normalized spacial score (nSPS) is 18.4. The Bertz CT molecular complexity index is 1340. The molecular formula is C29H32F3N3O5. The van der Waals surface area contributed by atoms with Crippen LogP contribution in [-0.4, -0.2) is 44.8 Å². The molecule has 0 saturated heterocycles. The average molecular weight is 560 g/mol. The van der Waals surface area contributed by atoms with Crippen LogP contribution in [0.15, 0.2) is 59.5 Å². The SMILES string of the molecule is CCNC1=C(C(C)Oc2cc(F)c(NC(=O)C3(C(=O)Nc4ccc(F)cc4)CC3)cc2F)CC(OC)C(OC)=C1. The quantitative estimate of drug-likeness (QED) is 0.334. The van der Waals surface area contributed by atoms with Gasteiger partial charge in [0.1, 0.15) is 29.2 Å². The molecule has 214 valence electrons. The molecule has 1 saturated carbocycles. The Balaban J connectivity index is 1.48. The molecule has 4 rings (SSSR count). The van der Waals surface area contributed by atoms with Crippen molar-refractivity contribution in [1.82, 2.24) is 5.32 Å². The number of halogens is 3. The number of anilines is 2. The van der Waals surface area contributed by atoms with Gasteiger partial charge in [-0.25, -0.2) is 13.2 Å². The highest BCUT2D eigenvalue weighted by Gasteiger charge is 2.56. The van der Waals surface area contributed by atoms with Crippen molar-refractivity contribution >= 4 is 23.2 Å². The van der Waals surface area contributed by atoms with Gasteiger partial charge in [0.2, 0.25) is 11.8 Å². The molecule has 2 atom stereocenters. The Hall–Kier alpha value is -3.99. The van der Waals surface area contributed by atoms with Gasteiger partial charge in [0.15, 0.2) is 17.4 Å². The van der Waals surface area contributed by atoms with Crippen molar-refractivity contribution in [3.05, 3.63) is 77.0 Å². The smallest absolute Gasteiger partial charge is 0.240 e. The molecule has 40 heavy (non-hydrogen) atoms. The van der Waals surface area contributed by atoms with Gasteiger partial charge in [-0.05, 0) is 56.5 Å². The standard InChI is InChI=1S/C29H32F3N3O5/c1-5-33-22-15-26(39-4)25(38-3)12-19(22)16(2)40-24-14-20(31)23(13-21(24)32)35-28(37)29(10-11-29)27(36)34-18-8-6-17(30)7-9-18/h6-9,13-16,25,33H,5,10-12H2,1-4H3,(H,34,36)(H,35,37). The van der Waals surface area contributed by atoms with E-state index in [1.54, 1.807) is 27.2 Å². The number of carbonyl (C=O) groups is 2. The van der Waals surface area contributed by atoms with Crippen molar-refractivity contribution in [2.45, 2.75) is 45.3 Å². The lowest BCUT2D eigenvalue weighted by atomic mass is 9.94. The number of ether oxygens (including phenoxy) is 3. The van der Waals surface area contributed by atoms with Gasteiger partial charge in [-0.15, -0.1) is 0 Å². The van der Waals surface area contributed by atoms with Crippen LogP contribution < -0.4 is 20.7 Å². The van der Waals surface area contributed by atoms with Gasteiger partial charge >= 0.3 is 0 Å². The van der Waals surface area contributed by atoms with Crippen LogP contribution >= 0.6 is 0 Å². The summed E-state index contributed by atoms with van der Waals surface area (Å²) in [5, 5.41) is 8.14. The number of amides is 2. The molecule has 11 heteroatoms. The molecule has 2 aromatic rings. The summed E-state index contributed by atoms with van der Waals surface area (Å²) in [5.74, 6) is -3.36. The fraction of sp³-hybridized carbons (Fsp3) is 0.379. The lowest BCUT2D eigenvalue weighted by molar-refractivity contribution is -0.131. The highest BCUT2D eigenvalue weighted by atomic mass is 19.1. The molecule has 0 bridgehead atoms. The zero-order valence-electron chi connectivity index (χ0n) is 22.7. The first-order chi connectivity index (χ1) is 19.1. The number of hydrogen-bond donors (Lipinski definition) is 3. The van der Waals surface area contributed by atoms with Crippen molar-refractivity contribution in [3.63, 3.8) is 0 Å². The third-order valence-electron chi connectivity index (χ3n) is 7.03. The maximum absolute atomic E-state index is 15.1. The van der Waals surface area contributed by atoms with Gasteiger partial charge in [-0.2, -0.15) is 0 Å². The molecule has 0 aliphatic heterocycles. The van der Waals surface area contributed by atoms with Crippen LogP contribution in [-0.2, 0) is 19.1 Å². The Kier molecular flexibility index (Phi) is 8.73. The minimum atomic E-state index is -1.43. The molecule has 0 radical (unpaired) electrons. The summed E-state index contributed by atoms with van der Waals surface area (Å²) in [6.07, 6.45) is 1.67. The third-order valence-corrected chi connectivity index (χ3v) is 7.03. The molecule has 1 fully saturated rings. The second kappa shape index (κ2) is 12.0. The van der Waals surface area contributed by atoms with Crippen molar-refractivity contribution in [3.8, 4) is 5.75 Å². The third kappa shape index (κ3) is 6.09. The number of nitrogens with one attached hydrogen (secondary N) is 3. The Morgan fingerprint density at radius 3 is 2.30 bits per heavy atom. The summed E-state index contributed by atoms with van der Waals surface area (Å²) in [5.41, 5.74) is 0.00656. The van der Waals surface area contributed by atoms with Gasteiger partial charge in [-0.3, -0.25) is 9.59 Å². The molecule has 2 unspecified atom stereocenters. The highest BCUT2D eigenvalue weighted by molar-refractivity contribution is 6.16. The minimum absolute atomic E-state index is 0.236. The fourth-order valence-corrected chi connectivity index (χ4v) is 4.55. The lowest BCUT2D eigenvalue weighted by Crippen LogP contribution is -2.36. The topological polar surface area (TPSA) is 97.9 Å². The second-order valence-electron chi connectivity index (χ2n) is 9.67. The highest BCUT2D eigenvalue weighted by Crippen LogP contribution is 2.47. The Labute approximate surface area is 230 Å². The van der Waals surface area contributed by atoms with E-state index in [1.165, 1.54) is 24.3 Å². The zero-order chi connectivity index (χ0) is 29.0. The molecule has 2 aromatic carbocycles. The number of methoxy groups -OCH3 is 2. The summed E-state index contributed by atoms with van der Waals surface area (Å²) in [4.78, 5) is 25.7. The van der Waals surface area contributed by atoms with Gasteiger partial charge in [0, 0.05) is 49.7 Å². The van der Waals surface area contributed by atoms with Crippen LogP contribution in [0, 0.1) is 22.9 Å². The summed E-state index contributed by atoms with van der Waals surface area (Å²) < 4.78 is 60.0. The summed E-state index contributed by atoms with van der Waals surface area (Å²) in [6.45, 7) is 4.27. The van der Waals surface area contributed by atoms with Crippen LogP contribution in [0.1, 0.15) is 33.1 Å². The van der Waals surface area contributed by atoms with E-state index in [0.29, 0.717) is 24.4 Å². The van der Waals surface area contributed by atoms with Crippen LogP contribution in [0.4, 0.5) is 24.5 Å². The first-order valence-electron chi connectivity index (χ1n) is 12.9. The second-order valence-corrected chi connectivity index (χ2v) is 9.67. The van der Waals surface area contributed by atoms with E-state index in [2.05, 4.69) is 16.0 Å². The van der Waals surface area contributed by atoms with Crippen LogP contribution in [0.3, 0.4) is 0 Å². The number of likely N-dealkylation sites (N-methyl/N-ethyl adjacent to an activating group) is 1. The molecule has 8 nitrogen and oxygen atoms in total. The van der Waals surface area contributed by atoms with E-state index < -0.39 is 46.5 Å². The number of hydrogen-bond acceptors (Lipinski definition) is 6. The molecule has 0 heterocycles. The molecule has 2 aliphatic rings. The molecule has 3 N–H and O–H groups in total. The number of benzene rings is 2. The zero-order valence-corrected chi connectivity index (χ0v) is 22.7. The van der Waals surface area contributed by atoms with Gasteiger partial charge in [-0.1, -0.05) is 0 Å². The van der Waals surface area contributed by atoms with Gasteiger partial charge < -0.3 is 30.2 Å². The van der Waals surface area contributed by atoms with Crippen LogP contribution in [0.25, 0.3) is 0 Å². The van der Waals surface area contributed by atoms with E-state index in [4.69, 9.17) is 14.2 Å². The predicted molar refractivity (Wildman–Crippen MR) is 143 cm³/mol. The number of rotatable bonds is 11. The predicted octanol–water partition coefficient (Wildman–Crippen LogP) is 5.04. The van der Waals surface area contributed by atoms with Gasteiger partial charge in [0.05, 0.1) is 12.8 Å². The largest absolute Gasteiger partial charge is 0.498 e. The summed E-state index contributed by atoms with van der Waals surface area (Å²) in [7, 11) is 3.10. The average Bonchev–Trinajstić information content (AvgIpc) is 3.75. The van der Waals surface area contributed by atoms with Crippen molar-refractivity contribution < 1.29 is 37.0 Å². The first kappa shape index (κ1) is 29.0. The van der Waals surface area contributed by atoms with E-state index in [9.17, 15) is 14.0 Å². The monoisotopic (exact) mass is 559 g/mol. The summed E-state index contributed by atoms with van der Waals surface area (Å²) >= 11 is 0. The number of carbonyl (C=O) groups excluding carboxylic acids is 2. The van der Waals surface area contributed by atoms with E-state index >= 15 is 8.78 Å².